The first kappa shape index (κ1) is 13.9. The Morgan fingerprint density at radius 3 is 3.05 bits per heavy atom. The highest BCUT2D eigenvalue weighted by atomic mass is 16.5. The van der Waals surface area contributed by atoms with Crippen LogP contribution >= 0.6 is 0 Å². The van der Waals surface area contributed by atoms with Gasteiger partial charge in [0.2, 0.25) is 5.91 Å². The number of ether oxygens (including phenoxy) is 1. The standard InChI is InChI=1S/C15H22N2O2/c1-11-6-7-12(9-14(11)19-2)10-17-13-5-3-4-8-16-15(13)18/h6-7,9,13,17H,3-5,8,10H2,1-2H3,(H,16,18)/t13-/m0/s1. The van der Waals surface area contributed by atoms with Gasteiger partial charge in [0.25, 0.3) is 0 Å². The number of nitrogens with one attached hydrogen (secondary N) is 2. The molecule has 1 aromatic carbocycles. The summed E-state index contributed by atoms with van der Waals surface area (Å²) in [6, 6.07) is 6.06. The number of aryl methyl sites for hydroxylation is 1. The van der Waals surface area contributed by atoms with E-state index in [0.29, 0.717) is 6.54 Å². The largest absolute Gasteiger partial charge is 0.496 e. The Morgan fingerprint density at radius 1 is 1.42 bits per heavy atom. The molecule has 1 heterocycles. The maximum absolute atomic E-state index is 11.8. The second-order valence-electron chi connectivity index (χ2n) is 5.02. The van der Waals surface area contributed by atoms with Gasteiger partial charge in [0.1, 0.15) is 5.75 Å². The summed E-state index contributed by atoms with van der Waals surface area (Å²) in [5.41, 5.74) is 2.26. The molecule has 1 amide bonds. The number of rotatable bonds is 4. The molecule has 0 aliphatic carbocycles. The van der Waals surface area contributed by atoms with Crippen LogP contribution in [0.25, 0.3) is 0 Å². The topological polar surface area (TPSA) is 50.4 Å². The van der Waals surface area contributed by atoms with Gasteiger partial charge in [-0.1, -0.05) is 12.1 Å². The van der Waals surface area contributed by atoms with Crippen LogP contribution in [0.15, 0.2) is 18.2 Å². The van der Waals surface area contributed by atoms with E-state index in [0.717, 1.165) is 42.7 Å². The highest BCUT2D eigenvalue weighted by Gasteiger charge is 2.19. The van der Waals surface area contributed by atoms with Gasteiger partial charge < -0.3 is 15.4 Å². The summed E-state index contributed by atoms with van der Waals surface area (Å²) in [5, 5.41) is 6.27. The van der Waals surface area contributed by atoms with Crippen molar-refractivity contribution in [1.29, 1.82) is 0 Å². The molecule has 2 N–H and O–H groups in total. The van der Waals surface area contributed by atoms with Crippen LogP contribution in [0.4, 0.5) is 0 Å². The van der Waals surface area contributed by atoms with Crippen LogP contribution in [-0.4, -0.2) is 25.6 Å². The second-order valence-corrected chi connectivity index (χ2v) is 5.02. The van der Waals surface area contributed by atoms with E-state index in [9.17, 15) is 4.79 Å². The van der Waals surface area contributed by atoms with Gasteiger partial charge in [-0.25, -0.2) is 0 Å². The molecule has 0 unspecified atom stereocenters. The number of carbonyl (C=O) groups excluding carboxylic acids is 1. The zero-order chi connectivity index (χ0) is 13.7. The summed E-state index contributed by atoms with van der Waals surface area (Å²) in [5.74, 6) is 1.01. The predicted molar refractivity (Wildman–Crippen MR) is 75.2 cm³/mol. The van der Waals surface area contributed by atoms with Crippen LogP contribution in [0.3, 0.4) is 0 Å². The molecule has 4 heteroatoms. The molecule has 4 nitrogen and oxygen atoms in total. The lowest BCUT2D eigenvalue weighted by Gasteiger charge is -2.15. The molecule has 104 valence electrons. The van der Waals surface area contributed by atoms with Crippen molar-refractivity contribution in [3.63, 3.8) is 0 Å². The van der Waals surface area contributed by atoms with Gasteiger partial charge in [-0.3, -0.25) is 4.79 Å². The fourth-order valence-electron chi connectivity index (χ4n) is 2.35. The van der Waals surface area contributed by atoms with Gasteiger partial charge in [0.15, 0.2) is 0 Å². The average molecular weight is 262 g/mol. The van der Waals surface area contributed by atoms with Crippen LogP contribution in [0, 0.1) is 6.92 Å². The highest BCUT2D eigenvalue weighted by Crippen LogP contribution is 2.19. The predicted octanol–water partition coefficient (Wildman–Crippen LogP) is 1.76. The van der Waals surface area contributed by atoms with Crippen LogP contribution < -0.4 is 15.4 Å². The van der Waals surface area contributed by atoms with Crippen molar-refractivity contribution < 1.29 is 9.53 Å². The van der Waals surface area contributed by atoms with E-state index in [1.807, 2.05) is 19.1 Å². The maximum atomic E-state index is 11.8. The molecule has 1 fully saturated rings. The number of benzene rings is 1. The summed E-state index contributed by atoms with van der Waals surface area (Å²) in [7, 11) is 1.68. The van der Waals surface area contributed by atoms with Gasteiger partial charge in [-0.2, -0.15) is 0 Å². The molecule has 1 aliphatic heterocycles. The van der Waals surface area contributed by atoms with Gasteiger partial charge in [-0.05, 0) is 43.4 Å². The van der Waals surface area contributed by atoms with Gasteiger partial charge >= 0.3 is 0 Å². The third kappa shape index (κ3) is 3.70. The SMILES string of the molecule is COc1cc(CN[C@H]2CCCCNC2=O)ccc1C. The molecule has 2 rings (SSSR count). The van der Waals surface area contributed by atoms with Crippen LogP contribution in [-0.2, 0) is 11.3 Å². The third-order valence-corrected chi connectivity index (χ3v) is 3.56. The lowest BCUT2D eigenvalue weighted by Crippen LogP contribution is -2.42. The molecule has 1 aromatic rings. The van der Waals surface area contributed by atoms with Crippen molar-refractivity contribution in [1.82, 2.24) is 10.6 Å². The molecule has 0 aromatic heterocycles. The van der Waals surface area contributed by atoms with E-state index in [1.54, 1.807) is 7.11 Å². The molecule has 0 radical (unpaired) electrons. The molecular weight excluding hydrogens is 240 g/mol. The maximum Gasteiger partial charge on any atom is 0.237 e. The zero-order valence-corrected chi connectivity index (χ0v) is 11.7. The Morgan fingerprint density at radius 2 is 2.26 bits per heavy atom. The quantitative estimate of drug-likeness (QED) is 0.869. The van der Waals surface area contributed by atoms with Crippen molar-refractivity contribution in [2.75, 3.05) is 13.7 Å². The summed E-state index contributed by atoms with van der Waals surface area (Å²) >= 11 is 0. The Kier molecular flexibility index (Phi) is 4.80. The minimum Gasteiger partial charge on any atom is -0.496 e. The van der Waals surface area contributed by atoms with E-state index in [-0.39, 0.29) is 11.9 Å². The van der Waals surface area contributed by atoms with Gasteiger partial charge in [0, 0.05) is 13.1 Å². The Bertz CT molecular complexity index is 446. The Labute approximate surface area is 114 Å². The third-order valence-electron chi connectivity index (χ3n) is 3.56. The van der Waals surface area contributed by atoms with Crippen LogP contribution in [0.2, 0.25) is 0 Å². The Balaban J connectivity index is 1.95. The molecule has 1 aliphatic rings. The molecule has 1 saturated heterocycles. The lowest BCUT2D eigenvalue weighted by atomic mass is 10.1. The highest BCUT2D eigenvalue weighted by molar-refractivity contribution is 5.81. The molecular formula is C15H22N2O2. The van der Waals surface area contributed by atoms with E-state index >= 15 is 0 Å². The lowest BCUT2D eigenvalue weighted by molar-refractivity contribution is -0.122. The normalized spacial score (nSPS) is 19.7. The molecule has 19 heavy (non-hydrogen) atoms. The average Bonchev–Trinajstić information content (AvgIpc) is 2.62. The van der Waals surface area contributed by atoms with E-state index in [2.05, 4.69) is 16.7 Å². The fraction of sp³-hybridized carbons (Fsp3) is 0.533. The smallest absolute Gasteiger partial charge is 0.237 e. The monoisotopic (exact) mass is 262 g/mol. The summed E-state index contributed by atoms with van der Waals surface area (Å²) in [6.07, 6.45) is 3.07. The first-order valence-corrected chi connectivity index (χ1v) is 6.85. The summed E-state index contributed by atoms with van der Waals surface area (Å²) < 4.78 is 5.31. The van der Waals surface area contributed by atoms with E-state index in [1.165, 1.54) is 0 Å². The summed E-state index contributed by atoms with van der Waals surface area (Å²) in [4.78, 5) is 11.8. The fourth-order valence-corrected chi connectivity index (χ4v) is 2.35. The Hall–Kier alpha value is -1.55. The van der Waals surface area contributed by atoms with Crippen LogP contribution in [0.5, 0.6) is 5.75 Å². The minimum absolute atomic E-state index is 0.0743. The molecule has 0 spiro atoms. The van der Waals surface area contributed by atoms with Crippen LogP contribution in [0.1, 0.15) is 30.4 Å². The molecule has 1 atom stereocenters. The van der Waals surface area contributed by atoms with Crippen molar-refractivity contribution >= 4 is 5.91 Å². The van der Waals surface area contributed by atoms with Crippen molar-refractivity contribution in [2.24, 2.45) is 0 Å². The van der Waals surface area contributed by atoms with Crippen molar-refractivity contribution in [3.05, 3.63) is 29.3 Å². The number of hydrogen-bond donors (Lipinski definition) is 2. The number of methoxy groups -OCH3 is 1. The van der Waals surface area contributed by atoms with Gasteiger partial charge in [0.05, 0.1) is 13.2 Å². The zero-order valence-electron chi connectivity index (χ0n) is 11.7. The number of carbonyl (C=O) groups is 1. The van der Waals surface area contributed by atoms with Gasteiger partial charge in [-0.15, -0.1) is 0 Å². The van der Waals surface area contributed by atoms with Crippen molar-refractivity contribution in [3.8, 4) is 5.75 Å². The summed E-state index contributed by atoms with van der Waals surface area (Å²) in [6.45, 7) is 3.51. The molecule has 0 bridgehead atoms. The second kappa shape index (κ2) is 6.57. The van der Waals surface area contributed by atoms with Crippen molar-refractivity contribution in [2.45, 2.75) is 38.8 Å². The number of hydrogen-bond acceptors (Lipinski definition) is 3. The first-order valence-electron chi connectivity index (χ1n) is 6.85. The number of amides is 1. The minimum atomic E-state index is -0.0743. The van der Waals surface area contributed by atoms with E-state index < -0.39 is 0 Å². The van der Waals surface area contributed by atoms with E-state index in [4.69, 9.17) is 4.74 Å². The first-order chi connectivity index (χ1) is 9.20. The molecule has 0 saturated carbocycles.